The molecule has 3 nitrogen and oxygen atoms in total. The highest BCUT2D eigenvalue weighted by atomic mass is 32.1. The molecule has 7 aromatic carbocycles. The Morgan fingerprint density at radius 2 is 1.02 bits per heavy atom. The topological polar surface area (TPSA) is 30.7 Å². The lowest BCUT2D eigenvalue weighted by Crippen LogP contribution is -2.04. The maximum atomic E-state index is 5.35. The Morgan fingerprint density at radius 3 is 1.70 bits per heavy atom. The number of fused-ring (bicyclic) bond motifs is 12. The van der Waals surface area contributed by atoms with Crippen LogP contribution in [-0.4, -0.2) is 14.5 Å². The Morgan fingerprint density at radius 1 is 0.468 bits per heavy atom. The van der Waals surface area contributed by atoms with Gasteiger partial charge in [-0.1, -0.05) is 133 Å². The van der Waals surface area contributed by atoms with Crippen LogP contribution in [-0.2, 0) is 0 Å². The Balaban J connectivity index is 1.45. The van der Waals surface area contributed by atoms with Crippen LogP contribution in [0.25, 0.3) is 92.0 Å². The fourth-order valence-electron chi connectivity index (χ4n) is 7.40. The van der Waals surface area contributed by atoms with Gasteiger partial charge in [0.1, 0.15) is 0 Å². The maximum absolute atomic E-state index is 5.35. The lowest BCUT2D eigenvalue weighted by atomic mass is 9.96. The molecule has 0 aliphatic heterocycles. The molecule has 0 fully saturated rings. The number of rotatable bonds is 3. The normalized spacial score (nSPS) is 11.9. The second kappa shape index (κ2) is 10.1. The molecule has 4 heteroatoms. The second-order valence-corrected chi connectivity index (χ2v) is 13.2. The molecule has 220 valence electrons. The number of aryl methyl sites for hydroxylation is 1. The maximum Gasteiger partial charge on any atom is 0.235 e. The minimum absolute atomic E-state index is 0.669. The van der Waals surface area contributed by atoms with Crippen molar-refractivity contribution in [1.82, 2.24) is 14.5 Å². The van der Waals surface area contributed by atoms with E-state index in [0.717, 1.165) is 33.5 Å². The molecule has 3 heterocycles. The number of benzene rings is 7. The van der Waals surface area contributed by atoms with E-state index in [0.29, 0.717) is 5.95 Å². The van der Waals surface area contributed by atoms with Crippen LogP contribution in [0.4, 0.5) is 0 Å². The minimum Gasteiger partial charge on any atom is -0.277 e. The third-order valence-corrected chi connectivity index (χ3v) is 10.9. The average Bonchev–Trinajstić information content (AvgIpc) is 3.70. The summed E-state index contributed by atoms with van der Waals surface area (Å²) in [5.74, 6) is 0.669. The first-order valence-corrected chi connectivity index (χ1v) is 16.7. The SMILES string of the molecule is Cc1cccc2c1sc1c2ccc2c1c1c3ccccc3c3ccccc3c1n2-c1nc(-c2ccccc2)cc(-c2ccccc2)n1. The summed E-state index contributed by atoms with van der Waals surface area (Å²) in [5, 5.41) is 10.0. The van der Waals surface area contributed by atoms with Crippen molar-refractivity contribution < 1.29 is 0 Å². The third-order valence-electron chi connectivity index (χ3n) is 9.52. The highest BCUT2D eigenvalue weighted by Crippen LogP contribution is 2.48. The van der Waals surface area contributed by atoms with E-state index in [1.807, 2.05) is 23.5 Å². The van der Waals surface area contributed by atoms with Gasteiger partial charge < -0.3 is 0 Å². The Kier molecular flexibility index (Phi) is 5.66. The first kappa shape index (κ1) is 26.4. The van der Waals surface area contributed by atoms with Gasteiger partial charge in [0.25, 0.3) is 0 Å². The predicted octanol–water partition coefficient (Wildman–Crippen LogP) is 11.9. The van der Waals surface area contributed by atoms with Crippen molar-refractivity contribution >= 4 is 74.9 Å². The summed E-state index contributed by atoms with van der Waals surface area (Å²) in [5.41, 5.74) is 7.48. The zero-order valence-electron chi connectivity index (χ0n) is 25.6. The van der Waals surface area contributed by atoms with Gasteiger partial charge in [-0.05, 0) is 40.8 Å². The lowest BCUT2D eigenvalue weighted by Gasteiger charge is -2.13. The summed E-state index contributed by atoms with van der Waals surface area (Å²) in [6, 6.07) is 51.9. The fraction of sp³-hybridized carbons (Fsp3) is 0.0233. The first-order valence-electron chi connectivity index (χ1n) is 15.9. The molecule has 0 atom stereocenters. The highest BCUT2D eigenvalue weighted by Gasteiger charge is 2.24. The van der Waals surface area contributed by atoms with Gasteiger partial charge in [-0.15, -0.1) is 11.3 Å². The predicted molar refractivity (Wildman–Crippen MR) is 200 cm³/mol. The van der Waals surface area contributed by atoms with Gasteiger partial charge in [0.2, 0.25) is 5.95 Å². The Bertz CT molecular complexity index is 2790. The molecule has 47 heavy (non-hydrogen) atoms. The summed E-state index contributed by atoms with van der Waals surface area (Å²) >= 11 is 1.90. The van der Waals surface area contributed by atoms with E-state index in [-0.39, 0.29) is 0 Å². The first-order chi connectivity index (χ1) is 23.2. The van der Waals surface area contributed by atoms with Crippen molar-refractivity contribution in [3.8, 4) is 28.5 Å². The summed E-state index contributed by atoms with van der Waals surface area (Å²) in [6.07, 6.45) is 0. The van der Waals surface area contributed by atoms with Crippen molar-refractivity contribution in [1.29, 1.82) is 0 Å². The number of thiophene rings is 1. The Labute approximate surface area is 275 Å². The van der Waals surface area contributed by atoms with Crippen LogP contribution in [0.15, 0.2) is 146 Å². The molecule has 0 amide bonds. The monoisotopic (exact) mass is 617 g/mol. The third kappa shape index (κ3) is 3.86. The van der Waals surface area contributed by atoms with Gasteiger partial charge in [0, 0.05) is 47.5 Å². The molecule has 10 rings (SSSR count). The molecule has 0 N–H and O–H groups in total. The zero-order valence-corrected chi connectivity index (χ0v) is 26.4. The molecule has 0 radical (unpaired) electrons. The summed E-state index contributed by atoms with van der Waals surface area (Å²) in [4.78, 5) is 10.7. The van der Waals surface area contributed by atoms with E-state index in [9.17, 15) is 0 Å². The summed E-state index contributed by atoms with van der Waals surface area (Å²) < 4.78 is 4.97. The fourth-order valence-corrected chi connectivity index (χ4v) is 8.72. The van der Waals surface area contributed by atoms with Crippen molar-refractivity contribution in [3.63, 3.8) is 0 Å². The molecule has 0 bridgehead atoms. The van der Waals surface area contributed by atoms with E-state index in [1.165, 1.54) is 58.1 Å². The number of hydrogen-bond donors (Lipinski definition) is 0. The molecular formula is C43H27N3S. The largest absolute Gasteiger partial charge is 0.277 e. The van der Waals surface area contributed by atoms with E-state index in [2.05, 4.69) is 145 Å². The van der Waals surface area contributed by atoms with Crippen LogP contribution in [0.2, 0.25) is 0 Å². The minimum atomic E-state index is 0.669. The number of nitrogens with zero attached hydrogens (tertiary/aromatic N) is 3. The standard InChI is InChI=1S/C43H27N3S/c1-26-13-12-22-33-34-23-24-37-39(42(34)47-41(26)33)38-31-20-10-8-18-29(31)30-19-9-11-21-32(30)40(38)46(37)43-44-35(27-14-4-2-5-15-27)25-36(45-43)28-16-6-3-7-17-28/h2-25H,1H3. The van der Waals surface area contributed by atoms with Gasteiger partial charge in [-0.3, -0.25) is 4.57 Å². The lowest BCUT2D eigenvalue weighted by molar-refractivity contribution is 0.998. The Hall–Kier alpha value is -5.84. The molecule has 0 saturated heterocycles. The van der Waals surface area contributed by atoms with Crippen molar-refractivity contribution in [2.45, 2.75) is 6.92 Å². The molecule has 0 saturated carbocycles. The molecule has 0 aliphatic carbocycles. The van der Waals surface area contributed by atoms with E-state index in [1.54, 1.807) is 0 Å². The second-order valence-electron chi connectivity index (χ2n) is 12.2. The van der Waals surface area contributed by atoms with Gasteiger partial charge in [0.05, 0.1) is 22.4 Å². The molecular weight excluding hydrogens is 591 g/mol. The molecule has 10 aromatic rings. The van der Waals surface area contributed by atoms with Gasteiger partial charge in [0.15, 0.2) is 0 Å². The van der Waals surface area contributed by atoms with E-state index < -0.39 is 0 Å². The van der Waals surface area contributed by atoms with Gasteiger partial charge >= 0.3 is 0 Å². The number of hydrogen-bond acceptors (Lipinski definition) is 3. The van der Waals surface area contributed by atoms with Crippen LogP contribution in [0, 0.1) is 6.92 Å². The van der Waals surface area contributed by atoms with Gasteiger partial charge in [-0.2, -0.15) is 0 Å². The van der Waals surface area contributed by atoms with E-state index in [4.69, 9.17) is 9.97 Å². The van der Waals surface area contributed by atoms with Crippen molar-refractivity contribution in [3.05, 3.63) is 151 Å². The van der Waals surface area contributed by atoms with Crippen LogP contribution >= 0.6 is 11.3 Å². The van der Waals surface area contributed by atoms with Crippen LogP contribution in [0.5, 0.6) is 0 Å². The summed E-state index contributed by atoms with van der Waals surface area (Å²) in [6.45, 7) is 2.22. The van der Waals surface area contributed by atoms with Crippen LogP contribution in [0.3, 0.4) is 0 Å². The molecule has 0 spiro atoms. The van der Waals surface area contributed by atoms with Crippen LogP contribution < -0.4 is 0 Å². The summed E-state index contributed by atoms with van der Waals surface area (Å²) in [7, 11) is 0. The quantitative estimate of drug-likeness (QED) is 0.185. The van der Waals surface area contributed by atoms with E-state index >= 15 is 0 Å². The smallest absolute Gasteiger partial charge is 0.235 e. The van der Waals surface area contributed by atoms with Crippen molar-refractivity contribution in [2.75, 3.05) is 0 Å². The van der Waals surface area contributed by atoms with Crippen LogP contribution in [0.1, 0.15) is 5.56 Å². The van der Waals surface area contributed by atoms with Gasteiger partial charge in [-0.25, -0.2) is 9.97 Å². The van der Waals surface area contributed by atoms with Crippen molar-refractivity contribution in [2.24, 2.45) is 0 Å². The average molecular weight is 618 g/mol. The molecule has 3 aromatic heterocycles. The molecule has 0 unspecified atom stereocenters. The number of aromatic nitrogens is 3. The highest BCUT2D eigenvalue weighted by molar-refractivity contribution is 7.27. The molecule has 0 aliphatic rings. The zero-order chi connectivity index (χ0) is 31.1.